The summed E-state index contributed by atoms with van der Waals surface area (Å²) in [6, 6.07) is 0. The molecule has 0 aliphatic carbocycles. The van der Waals surface area contributed by atoms with Crippen LogP contribution in [0.25, 0.3) is 0 Å². The van der Waals surface area contributed by atoms with Gasteiger partial charge in [0.25, 0.3) is 0 Å². The first-order valence-corrected chi connectivity index (χ1v) is 7.18. The number of carbonyl (C=O) groups excluding carboxylic acids is 1. The van der Waals surface area contributed by atoms with Gasteiger partial charge in [0.2, 0.25) is 0 Å². The summed E-state index contributed by atoms with van der Waals surface area (Å²) in [4.78, 5) is 11.0. The van der Waals surface area contributed by atoms with Crippen molar-refractivity contribution in [3.63, 3.8) is 0 Å². The van der Waals surface area contributed by atoms with Crippen molar-refractivity contribution >= 4 is 19.2 Å². The van der Waals surface area contributed by atoms with Crippen molar-refractivity contribution in [3.05, 3.63) is 0 Å². The van der Waals surface area contributed by atoms with Gasteiger partial charge in [0.1, 0.15) is 0 Å². The Morgan fingerprint density at radius 1 is 1.08 bits per heavy atom. The molecule has 0 aromatic heterocycles. The first kappa shape index (κ1) is 13.0. The SMILES string of the molecule is CC(C)[As](C(=O)C(F)(F)F)C(C)C. The molecule has 0 aromatic carbocycles. The van der Waals surface area contributed by atoms with Crippen LogP contribution in [0.15, 0.2) is 0 Å². The van der Waals surface area contributed by atoms with Crippen molar-refractivity contribution in [1.29, 1.82) is 0 Å². The van der Waals surface area contributed by atoms with E-state index in [0.717, 1.165) is 0 Å². The third-order valence-corrected chi connectivity index (χ3v) is 7.77. The van der Waals surface area contributed by atoms with E-state index in [2.05, 4.69) is 0 Å². The van der Waals surface area contributed by atoms with Gasteiger partial charge in [-0.1, -0.05) is 0 Å². The summed E-state index contributed by atoms with van der Waals surface area (Å²) in [5, 5.41) is 0. The molecule has 0 spiro atoms. The van der Waals surface area contributed by atoms with E-state index >= 15 is 0 Å². The molecule has 0 atom stereocenters. The summed E-state index contributed by atoms with van der Waals surface area (Å²) in [5.41, 5.74) is 0. The second-order valence-electron chi connectivity index (χ2n) is 3.40. The van der Waals surface area contributed by atoms with E-state index in [9.17, 15) is 18.0 Å². The van der Waals surface area contributed by atoms with Gasteiger partial charge in [0.15, 0.2) is 0 Å². The van der Waals surface area contributed by atoms with Gasteiger partial charge in [0.05, 0.1) is 0 Å². The Morgan fingerprint density at radius 2 is 1.38 bits per heavy atom. The first-order chi connectivity index (χ1) is 5.68. The number of carbonyl (C=O) groups is 1. The molecule has 0 fully saturated rings. The Bertz CT molecular complexity index is 178. The molecular weight excluding hydrogens is 244 g/mol. The maximum atomic E-state index is 12.1. The summed E-state index contributed by atoms with van der Waals surface area (Å²) in [6.45, 7) is 6.79. The van der Waals surface area contributed by atoms with Crippen LogP contribution in [0.1, 0.15) is 27.7 Å². The van der Waals surface area contributed by atoms with Crippen LogP contribution in [0, 0.1) is 0 Å². The molecule has 78 valence electrons. The van der Waals surface area contributed by atoms with E-state index in [4.69, 9.17) is 0 Å². The Hall–Kier alpha value is 0.0184. The van der Waals surface area contributed by atoms with Gasteiger partial charge in [-0.3, -0.25) is 0 Å². The Balaban J connectivity index is 4.68. The molecule has 0 aliphatic rings. The van der Waals surface area contributed by atoms with E-state index in [1.165, 1.54) is 0 Å². The molecule has 0 unspecified atom stereocenters. The number of hydrogen-bond acceptors (Lipinski definition) is 1. The molecule has 0 saturated heterocycles. The molecule has 0 radical (unpaired) electrons. The second kappa shape index (κ2) is 4.49. The van der Waals surface area contributed by atoms with Crippen molar-refractivity contribution in [2.24, 2.45) is 0 Å². The van der Waals surface area contributed by atoms with Crippen molar-refractivity contribution in [3.8, 4) is 0 Å². The van der Waals surface area contributed by atoms with Gasteiger partial charge in [-0.25, -0.2) is 0 Å². The standard InChI is InChI=1S/C8H14AsF3O/c1-5(2)9(6(3)4)7(13)8(10,11)12/h5-6H,1-4H3. The van der Waals surface area contributed by atoms with Crippen LogP contribution in [0.4, 0.5) is 13.2 Å². The van der Waals surface area contributed by atoms with Crippen LogP contribution < -0.4 is 0 Å². The minimum atomic E-state index is -4.63. The van der Waals surface area contributed by atoms with Crippen molar-refractivity contribution in [2.45, 2.75) is 43.3 Å². The van der Waals surface area contributed by atoms with Crippen molar-refractivity contribution < 1.29 is 18.0 Å². The second-order valence-corrected chi connectivity index (χ2v) is 10.3. The van der Waals surface area contributed by atoms with Crippen LogP contribution in [0.3, 0.4) is 0 Å². The molecule has 5 heteroatoms. The van der Waals surface area contributed by atoms with Crippen LogP contribution >= 0.6 is 0 Å². The molecule has 0 aromatic rings. The molecular formula is C8H14AsF3O. The number of alkyl halides is 3. The van der Waals surface area contributed by atoms with Gasteiger partial charge < -0.3 is 0 Å². The molecule has 0 aliphatic heterocycles. The molecule has 0 rings (SSSR count). The van der Waals surface area contributed by atoms with E-state index in [1.807, 2.05) is 0 Å². The Kier molecular flexibility index (Phi) is 4.50. The first-order valence-electron chi connectivity index (χ1n) is 4.07. The predicted octanol–water partition coefficient (Wildman–Crippen LogP) is 2.97. The van der Waals surface area contributed by atoms with E-state index in [1.54, 1.807) is 27.7 Å². The zero-order valence-electron chi connectivity index (χ0n) is 8.14. The van der Waals surface area contributed by atoms with Crippen LogP contribution in [0.5, 0.6) is 0 Å². The Morgan fingerprint density at radius 3 is 1.46 bits per heavy atom. The fourth-order valence-corrected chi connectivity index (χ4v) is 6.30. The molecule has 13 heavy (non-hydrogen) atoms. The third-order valence-electron chi connectivity index (χ3n) is 1.59. The van der Waals surface area contributed by atoms with Crippen molar-refractivity contribution in [2.75, 3.05) is 0 Å². The zero-order chi connectivity index (χ0) is 10.8. The topological polar surface area (TPSA) is 17.1 Å². The molecule has 0 heterocycles. The zero-order valence-corrected chi connectivity index (χ0v) is 10.0. The molecule has 1 nitrogen and oxygen atoms in total. The average Bonchev–Trinajstić information content (AvgIpc) is 1.82. The number of rotatable bonds is 3. The summed E-state index contributed by atoms with van der Waals surface area (Å²) in [6.07, 6.45) is -4.63. The summed E-state index contributed by atoms with van der Waals surface area (Å²) in [7, 11) is 0. The van der Waals surface area contributed by atoms with Gasteiger partial charge in [-0.05, 0) is 0 Å². The molecule has 0 bridgehead atoms. The van der Waals surface area contributed by atoms with Gasteiger partial charge in [-0.15, -0.1) is 0 Å². The van der Waals surface area contributed by atoms with Gasteiger partial charge >= 0.3 is 80.5 Å². The van der Waals surface area contributed by atoms with Crippen LogP contribution in [-0.4, -0.2) is 25.4 Å². The van der Waals surface area contributed by atoms with Crippen LogP contribution in [-0.2, 0) is 4.79 Å². The summed E-state index contributed by atoms with van der Waals surface area (Å²) >= 11 is -2.44. The summed E-state index contributed by atoms with van der Waals surface area (Å²) < 4.78 is 34.6. The fraction of sp³-hybridized carbons (Fsp3) is 0.875. The maximum absolute atomic E-state index is 12.1. The van der Waals surface area contributed by atoms with Crippen LogP contribution in [0.2, 0.25) is 9.41 Å². The normalized spacial score (nSPS) is 13.1. The van der Waals surface area contributed by atoms with E-state index in [0.29, 0.717) is 0 Å². The molecule has 0 amide bonds. The quantitative estimate of drug-likeness (QED) is 0.711. The van der Waals surface area contributed by atoms with Gasteiger partial charge in [0, 0.05) is 0 Å². The molecule has 0 N–H and O–H groups in total. The Labute approximate surface area is 81.0 Å². The number of halogens is 3. The minimum absolute atomic E-state index is 0.123. The third kappa shape index (κ3) is 3.72. The monoisotopic (exact) mass is 258 g/mol. The van der Waals surface area contributed by atoms with Crippen molar-refractivity contribution in [1.82, 2.24) is 0 Å². The van der Waals surface area contributed by atoms with Gasteiger partial charge in [-0.2, -0.15) is 0 Å². The fourth-order valence-electron chi connectivity index (χ4n) is 1.21. The average molecular weight is 258 g/mol. The van der Waals surface area contributed by atoms with E-state index in [-0.39, 0.29) is 9.41 Å². The molecule has 0 saturated carbocycles. The number of hydrogen-bond donors (Lipinski definition) is 0. The summed E-state index contributed by atoms with van der Waals surface area (Å²) in [5.74, 6) is 0. The predicted molar refractivity (Wildman–Crippen MR) is 47.0 cm³/mol. The van der Waals surface area contributed by atoms with E-state index < -0.39 is 25.4 Å².